The van der Waals surface area contributed by atoms with Crippen molar-refractivity contribution in [3.8, 4) is 0 Å². The highest BCUT2D eigenvalue weighted by Crippen LogP contribution is 2.33. The zero-order valence-corrected chi connectivity index (χ0v) is 19.4. The number of sulfonamides is 1. The van der Waals surface area contributed by atoms with Gasteiger partial charge in [-0.3, -0.25) is 9.62 Å². The number of nitrogens with zero attached hydrogens (tertiary/aromatic N) is 1. The molecule has 2 N–H and O–H groups in total. The minimum atomic E-state index is -3.76. The monoisotopic (exact) mass is 429 g/mol. The lowest BCUT2D eigenvalue weighted by molar-refractivity contribution is 0.252. The second kappa shape index (κ2) is 7.61. The lowest BCUT2D eigenvalue weighted by Crippen LogP contribution is -2.27. The van der Waals surface area contributed by atoms with Crippen molar-refractivity contribution in [3.63, 3.8) is 0 Å². The smallest absolute Gasteiger partial charge is 0.321 e. The second-order valence-corrected chi connectivity index (χ2v) is 11.5. The largest absolute Gasteiger partial charge is 0.336 e. The Bertz CT molecular complexity index is 1010. The molecular weight excluding hydrogens is 398 g/mol. The minimum Gasteiger partial charge on any atom is -0.336 e. The minimum absolute atomic E-state index is 0.112. The molecule has 0 spiro atoms. The van der Waals surface area contributed by atoms with E-state index >= 15 is 0 Å². The van der Waals surface area contributed by atoms with Crippen LogP contribution in [0.25, 0.3) is 0 Å². The van der Waals surface area contributed by atoms with E-state index in [1.807, 2.05) is 12.1 Å². The van der Waals surface area contributed by atoms with E-state index in [9.17, 15) is 13.2 Å². The summed E-state index contributed by atoms with van der Waals surface area (Å²) in [6, 6.07) is 12.1. The van der Waals surface area contributed by atoms with E-state index in [0.29, 0.717) is 24.5 Å². The molecule has 0 bridgehead atoms. The van der Waals surface area contributed by atoms with E-state index in [4.69, 9.17) is 0 Å². The van der Waals surface area contributed by atoms with Gasteiger partial charge in [-0.25, -0.2) is 13.2 Å². The van der Waals surface area contributed by atoms with Crippen molar-refractivity contribution in [2.45, 2.75) is 57.3 Å². The molecule has 1 saturated heterocycles. The van der Waals surface area contributed by atoms with Crippen molar-refractivity contribution in [2.24, 2.45) is 0 Å². The Morgan fingerprint density at radius 3 is 1.87 bits per heavy atom. The molecule has 1 aliphatic heterocycles. The molecule has 2 amide bonds. The molecule has 2 aromatic rings. The van der Waals surface area contributed by atoms with E-state index in [1.54, 1.807) is 17.0 Å². The number of carbonyl (C=O) groups excluding carboxylic acids is 1. The molecule has 0 aliphatic carbocycles. The van der Waals surface area contributed by atoms with Crippen molar-refractivity contribution in [1.82, 2.24) is 5.32 Å². The number of rotatable bonds is 4. The summed E-state index contributed by atoms with van der Waals surface area (Å²) in [6.07, 6.45) is 0. The zero-order chi connectivity index (χ0) is 22.3. The Morgan fingerprint density at radius 2 is 1.43 bits per heavy atom. The molecule has 30 heavy (non-hydrogen) atoms. The van der Waals surface area contributed by atoms with Gasteiger partial charge in [-0.1, -0.05) is 47.6 Å². The molecule has 162 valence electrons. The fourth-order valence-electron chi connectivity index (χ4n) is 3.29. The van der Waals surface area contributed by atoms with Crippen LogP contribution in [-0.2, 0) is 20.9 Å². The van der Waals surface area contributed by atoms with E-state index in [0.717, 1.165) is 11.1 Å². The predicted octanol–water partition coefficient (Wildman–Crippen LogP) is 4.61. The van der Waals surface area contributed by atoms with Crippen molar-refractivity contribution < 1.29 is 13.2 Å². The highest BCUT2D eigenvalue weighted by molar-refractivity contribution is 7.92. The van der Waals surface area contributed by atoms with Gasteiger partial charge in [-0.05, 0) is 58.4 Å². The average Bonchev–Trinajstić information content (AvgIpc) is 3.06. The number of benzene rings is 2. The first kappa shape index (κ1) is 22.2. The topological polar surface area (TPSA) is 78.5 Å². The fourth-order valence-corrected chi connectivity index (χ4v) is 4.33. The molecule has 0 atom stereocenters. The highest BCUT2D eigenvalue weighted by atomic mass is 32.2. The molecular formula is C23H31N3O3S. The second-order valence-electron chi connectivity index (χ2n) is 9.78. The molecule has 6 nitrogen and oxygen atoms in total. The third-order valence-corrected chi connectivity index (χ3v) is 6.63. The summed E-state index contributed by atoms with van der Waals surface area (Å²) < 4.78 is 28.8. The van der Waals surface area contributed by atoms with E-state index in [2.05, 4.69) is 57.6 Å². The van der Waals surface area contributed by atoms with Gasteiger partial charge in [-0.15, -0.1) is 0 Å². The third-order valence-electron chi connectivity index (χ3n) is 5.23. The van der Waals surface area contributed by atoms with Crippen molar-refractivity contribution in [1.29, 1.82) is 0 Å². The van der Waals surface area contributed by atoms with Crippen LogP contribution in [0.1, 0.15) is 52.7 Å². The maximum atomic E-state index is 13.0. The van der Waals surface area contributed by atoms with Gasteiger partial charge in [0.05, 0.1) is 4.90 Å². The van der Waals surface area contributed by atoms with Crippen LogP contribution in [0.5, 0.6) is 0 Å². The molecule has 1 heterocycles. The molecule has 7 heteroatoms. The average molecular weight is 430 g/mol. The highest BCUT2D eigenvalue weighted by Gasteiger charge is 2.24. The van der Waals surface area contributed by atoms with Crippen LogP contribution < -0.4 is 14.9 Å². The van der Waals surface area contributed by atoms with Gasteiger partial charge < -0.3 is 5.32 Å². The van der Waals surface area contributed by atoms with Crippen molar-refractivity contribution in [3.05, 3.63) is 53.6 Å². The zero-order valence-electron chi connectivity index (χ0n) is 18.5. The molecule has 0 saturated carbocycles. The van der Waals surface area contributed by atoms with Gasteiger partial charge in [0.25, 0.3) is 10.0 Å². The van der Waals surface area contributed by atoms with Gasteiger partial charge >= 0.3 is 6.03 Å². The van der Waals surface area contributed by atoms with Crippen molar-refractivity contribution in [2.75, 3.05) is 22.7 Å². The molecule has 2 aromatic carbocycles. The Hall–Kier alpha value is -2.54. The summed E-state index contributed by atoms with van der Waals surface area (Å²) in [7, 11) is -3.76. The molecule has 1 fully saturated rings. The summed E-state index contributed by atoms with van der Waals surface area (Å²) in [6.45, 7) is 13.8. The predicted molar refractivity (Wildman–Crippen MR) is 122 cm³/mol. The van der Waals surface area contributed by atoms with Crippen LogP contribution in [0.15, 0.2) is 47.4 Å². The quantitative estimate of drug-likeness (QED) is 0.745. The number of carbonyl (C=O) groups is 1. The van der Waals surface area contributed by atoms with Crippen LogP contribution in [0, 0.1) is 0 Å². The normalized spacial score (nSPS) is 15.3. The molecule has 3 rings (SSSR count). The maximum absolute atomic E-state index is 13.0. The van der Waals surface area contributed by atoms with E-state index < -0.39 is 10.0 Å². The van der Waals surface area contributed by atoms with E-state index in [-0.39, 0.29) is 21.8 Å². The molecule has 0 aromatic heterocycles. The first-order chi connectivity index (χ1) is 13.8. The third kappa shape index (κ3) is 4.78. The number of hydrogen-bond donors (Lipinski definition) is 2. The Balaban J connectivity index is 1.92. The van der Waals surface area contributed by atoms with Crippen LogP contribution in [0.4, 0.5) is 16.2 Å². The van der Waals surface area contributed by atoms with Crippen LogP contribution in [0.2, 0.25) is 0 Å². The van der Waals surface area contributed by atoms with Crippen molar-refractivity contribution >= 4 is 27.4 Å². The SMILES string of the molecule is CC(C)(C)c1cc(NS(=O)(=O)c2ccc(N3CCNC3=O)cc2)cc(C(C)(C)C)c1. The maximum Gasteiger partial charge on any atom is 0.321 e. The van der Waals surface area contributed by atoms with Crippen LogP contribution in [-0.4, -0.2) is 27.5 Å². The summed E-state index contributed by atoms with van der Waals surface area (Å²) >= 11 is 0. The number of urea groups is 1. The van der Waals surface area contributed by atoms with Gasteiger partial charge in [0.2, 0.25) is 0 Å². The first-order valence-corrected chi connectivity index (χ1v) is 11.6. The van der Waals surface area contributed by atoms with Gasteiger partial charge in [-0.2, -0.15) is 0 Å². The number of amides is 2. The summed E-state index contributed by atoms with van der Waals surface area (Å²) in [5.41, 5.74) is 3.15. The molecule has 0 radical (unpaired) electrons. The summed E-state index contributed by atoms with van der Waals surface area (Å²) in [4.78, 5) is 13.6. The number of anilines is 2. The number of nitrogens with one attached hydrogen (secondary N) is 2. The molecule has 0 unspecified atom stereocenters. The van der Waals surface area contributed by atoms with Crippen LogP contribution in [0.3, 0.4) is 0 Å². The Labute approximate surface area is 179 Å². The lowest BCUT2D eigenvalue weighted by Gasteiger charge is -2.26. The Kier molecular flexibility index (Phi) is 5.62. The van der Waals surface area contributed by atoms with Gasteiger partial charge in [0, 0.05) is 24.5 Å². The molecule has 1 aliphatic rings. The fraction of sp³-hybridized carbons (Fsp3) is 0.435. The first-order valence-electron chi connectivity index (χ1n) is 10.1. The summed E-state index contributed by atoms with van der Waals surface area (Å²) in [5, 5.41) is 2.74. The van der Waals surface area contributed by atoms with Gasteiger partial charge in [0.15, 0.2) is 0 Å². The van der Waals surface area contributed by atoms with Gasteiger partial charge in [0.1, 0.15) is 0 Å². The lowest BCUT2D eigenvalue weighted by atomic mass is 9.80. The standard InChI is InChI=1S/C23H31N3O3S/c1-22(2,3)16-13-17(23(4,5)6)15-18(14-16)25-30(28,29)20-9-7-19(8-10-20)26-12-11-24-21(26)27/h7-10,13-15,25H,11-12H2,1-6H3,(H,24,27). The number of hydrogen-bond acceptors (Lipinski definition) is 3. The Morgan fingerprint density at radius 1 is 0.900 bits per heavy atom. The van der Waals surface area contributed by atoms with E-state index in [1.165, 1.54) is 12.1 Å². The summed E-state index contributed by atoms with van der Waals surface area (Å²) in [5.74, 6) is 0. The van der Waals surface area contributed by atoms with Crippen LogP contribution >= 0.6 is 0 Å².